The molecule has 0 heterocycles. The molecule has 3 heteroatoms. The maximum Gasteiger partial charge on any atom is 0.314 e. The van der Waals surface area contributed by atoms with Gasteiger partial charge in [0.05, 0.1) is 12.5 Å². The van der Waals surface area contributed by atoms with Crippen LogP contribution in [-0.2, 0) is 4.79 Å². The van der Waals surface area contributed by atoms with Gasteiger partial charge in [0.1, 0.15) is 11.5 Å². The highest BCUT2D eigenvalue weighted by Gasteiger charge is 2.34. The van der Waals surface area contributed by atoms with Gasteiger partial charge in [0.25, 0.3) is 0 Å². The molecule has 0 aromatic heterocycles. The van der Waals surface area contributed by atoms with Crippen molar-refractivity contribution >= 4 is 5.97 Å². The first-order valence-electron chi connectivity index (χ1n) is 8.51. The number of benzene rings is 1. The number of ether oxygens (including phenoxy) is 2. The third-order valence-corrected chi connectivity index (χ3v) is 4.73. The topological polar surface area (TPSA) is 35.5 Å². The maximum absolute atomic E-state index is 12.3. The molecular weight excluding hydrogens is 276 g/mol. The monoisotopic (exact) mass is 304 g/mol. The Morgan fingerprint density at radius 2 is 1.73 bits per heavy atom. The Kier molecular flexibility index (Phi) is 5.87. The molecule has 1 saturated carbocycles. The fourth-order valence-electron chi connectivity index (χ4n) is 3.37. The second-order valence-electron chi connectivity index (χ2n) is 6.66. The molecule has 22 heavy (non-hydrogen) atoms. The SMILES string of the molecule is CCCC1(C)CCC(C(=O)Oc2ccc(OCC)cc2)CC1. The van der Waals surface area contributed by atoms with Crippen molar-refractivity contribution in [3.05, 3.63) is 24.3 Å². The van der Waals surface area contributed by atoms with Crippen molar-refractivity contribution in [3.8, 4) is 11.5 Å². The van der Waals surface area contributed by atoms with Crippen LogP contribution in [0.25, 0.3) is 0 Å². The second kappa shape index (κ2) is 7.66. The van der Waals surface area contributed by atoms with Crippen LogP contribution in [0.3, 0.4) is 0 Å². The average Bonchev–Trinajstić information content (AvgIpc) is 2.50. The summed E-state index contributed by atoms with van der Waals surface area (Å²) in [6.07, 6.45) is 6.64. The van der Waals surface area contributed by atoms with E-state index in [9.17, 15) is 4.79 Å². The van der Waals surface area contributed by atoms with Crippen molar-refractivity contribution in [2.75, 3.05) is 6.61 Å². The molecule has 1 fully saturated rings. The lowest BCUT2D eigenvalue weighted by atomic mass is 9.69. The average molecular weight is 304 g/mol. The van der Waals surface area contributed by atoms with Crippen molar-refractivity contribution in [3.63, 3.8) is 0 Å². The number of carbonyl (C=O) groups excluding carboxylic acids is 1. The molecule has 0 atom stereocenters. The zero-order chi connectivity index (χ0) is 16.0. The van der Waals surface area contributed by atoms with Crippen LogP contribution in [0.1, 0.15) is 59.3 Å². The molecule has 0 unspecified atom stereocenters. The van der Waals surface area contributed by atoms with Crippen LogP contribution in [0.5, 0.6) is 11.5 Å². The van der Waals surface area contributed by atoms with Crippen molar-refractivity contribution < 1.29 is 14.3 Å². The highest BCUT2D eigenvalue weighted by molar-refractivity contribution is 5.75. The summed E-state index contributed by atoms with van der Waals surface area (Å²) in [4.78, 5) is 12.3. The molecule has 0 radical (unpaired) electrons. The molecule has 0 aliphatic heterocycles. The van der Waals surface area contributed by atoms with E-state index in [0.29, 0.717) is 17.8 Å². The van der Waals surface area contributed by atoms with Crippen molar-refractivity contribution in [2.24, 2.45) is 11.3 Å². The molecule has 0 bridgehead atoms. The molecule has 1 aliphatic carbocycles. The second-order valence-corrected chi connectivity index (χ2v) is 6.66. The van der Waals surface area contributed by atoms with Crippen molar-refractivity contribution in [2.45, 2.75) is 59.3 Å². The molecule has 0 N–H and O–H groups in total. The van der Waals surface area contributed by atoms with Gasteiger partial charge in [0, 0.05) is 0 Å². The van der Waals surface area contributed by atoms with Gasteiger partial charge in [0.2, 0.25) is 0 Å². The summed E-state index contributed by atoms with van der Waals surface area (Å²) in [6, 6.07) is 7.27. The van der Waals surface area contributed by atoms with Crippen LogP contribution in [0, 0.1) is 11.3 Å². The van der Waals surface area contributed by atoms with Crippen LogP contribution in [0.2, 0.25) is 0 Å². The summed E-state index contributed by atoms with van der Waals surface area (Å²) < 4.78 is 10.9. The summed E-state index contributed by atoms with van der Waals surface area (Å²) in [5.41, 5.74) is 0.421. The van der Waals surface area contributed by atoms with Gasteiger partial charge in [-0.2, -0.15) is 0 Å². The van der Waals surface area contributed by atoms with E-state index in [1.165, 1.54) is 12.8 Å². The normalized spacial score (nSPS) is 24.8. The van der Waals surface area contributed by atoms with Gasteiger partial charge in [-0.25, -0.2) is 0 Å². The van der Waals surface area contributed by atoms with Gasteiger partial charge in [-0.15, -0.1) is 0 Å². The molecule has 3 nitrogen and oxygen atoms in total. The third-order valence-electron chi connectivity index (χ3n) is 4.73. The smallest absolute Gasteiger partial charge is 0.314 e. The zero-order valence-corrected chi connectivity index (χ0v) is 14.1. The molecule has 0 saturated heterocycles. The third kappa shape index (κ3) is 4.49. The molecule has 0 spiro atoms. The standard InChI is InChI=1S/C19H28O3/c1-4-12-19(3)13-10-15(11-14-19)18(20)22-17-8-6-16(7-9-17)21-5-2/h6-9,15H,4-5,10-14H2,1-3H3. The number of esters is 1. The fourth-order valence-corrected chi connectivity index (χ4v) is 3.37. The molecule has 1 aliphatic rings. The minimum atomic E-state index is -0.0808. The summed E-state index contributed by atoms with van der Waals surface area (Å²) in [7, 11) is 0. The number of carbonyl (C=O) groups is 1. The van der Waals surface area contributed by atoms with E-state index < -0.39 is 0 Å². The first-order chi connectivity index (χ1) is 10.6. The maximum atomic E-state index is 12.3. The van der Waals surface area contributed by atoms with Gasteiger partial charge in [-0.3, -0.25) is 4.79 Å². The van der Waals surface area contributed by atoms with Crippen molar-refractivity contribution in [1.29, 1.82) is 0 Å². The lowest BCUT2D eigenvalue weighted by Gasteiger charge is -2.36. The van der Waals surface area contributed by atoms with Gasteiger partial charge in [-0.1, -0.05) is 20.3 Å². The Bertz CT molecular complexity index is 470. The predicted octanol–water partition coefficient (Wildman–Crippen LogP) is 4.99. The van der Waals surface area contributed by atoms with E-state index in [1.54, 1.807) is 12.1 Å². The summed E-state index contributed by atoms with van der Waals surface area (Å²) in [6.45, 7) is 7.17. The minimum Gasteiger partial charge on any atom is -0.494 e. The van der Waals surface area contributed by atoms with Crippen LogP contribution < -0.4 is 9.47 Å². The van der Waals surface area contributed by atoms with E-state index in [0.717, 1.165) is 31.4 Å². The Labute approximate surface area is 134 Å². The van der Waals surface area contributed by atoms with Gasteiger partial charge in [0.15, 0.2) is 0 Å². The Hall–Kier alpha value is -1.51. The summed E-state index contributed by atoms with van der Waals surface area (Å²) >= 11 is 0. The van der Waals surface area contributed by atoms with Crippen molar-refractivity contribution in [1.82, 2.24) is 0 Å². The Morgan fingerprint density at radius 1 is 1.14 bits per heavy atom. The van der Waals surface area contributed by atoms with E-state index in [1.807, 2.05) is 19.1 Å². The summed E-state index contributed by atoms with van der Waals surface area (Å²) in [5, 5.41) is 0. The predicted molar refractivity (Wildman–Crippen MR) is 88.2 cm³/mol. The van der Waals surface area contributed by atoms with Gasteiger partial charge in [-0.05, 0) is 68.7 Å². The van der Waals surface area contributed by atoms with Gasteiger partial charge >= 0.3 is 5.97 Å². The molecule has 1 aromatic carbocycles. The van der Waals surface area contributed by atoms with E-state index in [2.05, 4.69) is 13.8 Å². The first-order valence-corrected chi connectivity index (χ1v) is 8.51. The van der Waals surface area contributed by atoms with Crippen LogP contribution in [0.15, 0.2) is 24.3 Å². The zero-order valence-electron chi connectivity index (χ0n) is 14.1. The van der Waals surface area contributed by atoms with Gasteiger partial charge < -0.3 is 9.47 Å². The highest BCUT2D eigenvalue weighted by atomic mass is 16.5. The minimum absolute atomic E-state index is 0.0523. The lowest BCUT2D eigenvalue weighted by molar-refractivity contribution is -0.140. The number of hydrogen-bond acceptors (Lipinski definition) is 3. The number of rotatable bonds is 6. The van der Waals surface area contributed by atoms with Crippen LogP contribution >= 0.6 is 0 Å². The highest BCUT2D eigenvalue weighted by Crippen LogP contribution is 2.42. The van der Waals surface area contributed by atoms with E-state index in [4.69, 9.17) is 9.47 Å². The first kappa shape index (κ1) is 16.9. The molecule has 2 rings (SSSR count). The molecule has 0 amide bonds. The fraction of sp³-hybridized carbons (Fsp3) is 0.632. The molecule has 1 aromatic rings. The largest absolute Gasteiger partial charge is 0.494 e. The summed E-state index contributed by atoms with van der Waals surface area (Å²) in [5.74, 6) is 1.38. The lowest BCUT2D eigenvalue weighted by Crippen LogP contribution is -2.30. The quantitative estimate of drug-likeness (QED) is 0.549. The van der Waals surface area contributed by atoms with E-state index >= 15 is 0 Å². The Balaban J connectivity index is 1.85. The number of hydrogen-bond donors (Lipinski definition) is 0. The van der Waals surface area contributed by atoms with E-state index in [-0.39, 0.29) is 11.9 Å². The molecular formula is C19H28O3. The molecule has 122 valence electrons. The van der Waals surface area contributed by atoms with Crippen LogP contribution in [0.4, 0.5) is 0 Å². The Morgan fingerprint density at radius 3 is 2.27 bits per heavy atom. The van der Waals surface area contributed by atoms with Crippen LogP contribution in [-0.4, -0.2) is 12.6 Å².